The Labute approximate surface area is 137 Å². The maximum absolute atomic E-state index is 11.8. The topological polar surface area (TPSA) is 64.5 Å². The van der Waals surface area contributed by atoms with Crippen LogP contribution in [0.25, 0.3) is 0 Å². The van der Waals surface area contributed by atoms with Crippen LogP contribution in [-0.2, 0) is 14.3 Å². The van der Waals surface area contributed by atoms with E-state index in [4.69, 9.17) is 9.47 Å². The van der Waals surface area contributed by atoms with Crippen molar-refractivity contribution in [2.45, 2.75) is 38.5 Å². The van der Waals surface area contributed by atoms with E-state index in [0.29, 0.717) is 12.5 Å². The molecule has 0 bridgehead atoms. The molecule has 0 radical (unpaired) electrons. The Kier molecular flexibility index (Phi) is 5.43. The fraction of sp³-hybridized carbons (Fsp3) is 0.706. The van der Waals surface area contributed by atoms with Crippen LogP contribution < -0.4 is 4.90 Å². The molecule has 3 heterocycles. The lowest BCUT2D eigenvalue weighted by molar-refractivity contribution is -0.148. The summed E-state index contributed by atoms with van der Waals surface area (Å²) in [7, 11) is 0. The Hall–Kier alpha value is -1.69. The number of esters is 1. The zero-order chi connectivity index (χ0) is 16.1. The quantitative estimate of drug-likeness (QED) is 0.792. The molecule has 23 heavy (non-hydrogen) atoms. The van der Waals surface area contributed by atoms with Gasteiger partial charge in [-0.25, -0.2) is 9.97 Å². The maximum atomic E-state index is 11.8. The number of rotatable bonds is 4. The van der Waals surface area contributed by atoms with E-state index in [0.717, 1.165) is 63.5 Å². The van der Waals surface area contributed by atoms with E-state index in [9.17, 15) is 4.79 Å². The standard InChI is InChI=1S/C17H25N3O3/c1-2-23-17(21)14-3-7-20(8-4-14)16-11-15(18-12-19-16)13-5-9-22-10-6-13/h11-14H,2-10H2,1H3. The fourth-order valence-electron chi connectivity index (χ4n) is 3.36. The number of anilines is 1. The lowest BCUT2D eigenvalue weighted by atomic mass is 9.95. The van der Waals surface area contributed by atoms with Gasteiger partial charge in [0.15, 0.2) is 0 Å². The molecular formula is C17H25N3O3. The first kappa shape index (κ1) is 16.2. The van der Waals surface area contributed by atoms with E-state index < -0.39 is 0 Å². The van der Waals surface area contributed by atoms with Gasteiger partial charge < -0.3 is 14.4 Å². The van der Waals surface area contributed by atoms with Gasteiger partial charge in [-0.3, -0.25) is 4.79 Å². The number of aromatic nitrogens is 2. The molecule has 0 amide bonds. The summed E-state index contributed by atoms with van der Waals surface area (Å²) in [6, 6.07) is 2.11. The molecule has 2 aliphatic rings. The average molecular weight is 319 g/mol. The van der Waals surface area contributed by atoms with Crippen molar-refractivity contribution in [1.29, 1.82) is 0 Å². The second-order valence-electron chi connectivity index (χ2n) is 6.20. The van der Waals surface area contributed by atoms with Gasteiger partial charge in [0.2, 0.25) is 0 Å². The highest BCUT2D eigenvalue weighted by Crippen LogP contribution is 2.28. The van der Waals surface area contributed by atoms with Gasteiger partial charge in [0, 0.05) is 44.0 Å². The number of carbonyl (C=O) groups excluding carboxylic acids is 1. The largest absolute Gasteiger partial charge is 0.466 e. The Morgan fingerprint density at radius 3 is 2.70 bits per heavy atom. The number of nitrogens with zero attached hydrogens (tertiary/aromatic N) is 3. The first-order chi connectivity index (χ1) is 11.3. The van der Waals surface area contributed by atoms with Crippen molar-refractivity contribution in [3.63, 3.8) is 0 Å². The molecule has 0 N–H and O–H groups in total. The van der Waals surface area contributed by atoms with Crippen molar-refractivity contribution in [3.8, 4) is 0 Å². The molecule has 2 saturated heterocycles. The summed E-state index contributed by atoms with van der Waals surface area (Å²) < 4.78 is 10.6. The van der Waals surface area contributed by atoms with Gasteiger partial charge in [-0.05, 0) is 32.6 Å². The van der Waals surface area contributed by atoms with Gasteiger partial charge in [-0.1, -0.05) is 0 Å². The minimum atomic E-state index is -0.0577. The molecule has 0 unspecified atom stereocenters. The third-order valence-electron chi connectivity index (χ3n) is 4.75. The summed E-state index contributed by atoms with van der Waals surface area (Å²) >= 11 is 0. The fourth-order valence-corrected chi connectivity index (χ4v) is 3.36. The lowest BCUT2D eigenvalue weighted by Crippen LogP contribution is -2.37. The molecular weight excluding hydrogens is 294 g/mol. The highest BCUT2D eigenvalue weighted by molar-refractivity contribution is 5.72. The van der Waals surface area contributed by atoms with Crippen LogP contribution in [0.5, 0.6) is 0 Å². The summed E-state index contributed by atoms with van der Waals surface area (Å²) in [4.78, 5) is 23.0. The third kappa shape index (κ3) is 3.99. The van der Waals surface area contributed by atoms with Crippen LogP contribution in [0.15, 0.2) is 12.4 Å². The van der Waals surface area contributed by atoms with Crippen LogP contribution in [0.4, 0.5) is 5.82 Å². The molecule has 0 aliphatic carbocycles. The van der Waals surface area contributed by atoms with Crippen LogP contribution in [0.3, 0.4) is 0 Å². The second kappa shape index (κ2) is 7.73. The Balaban J connectivity index is 1.61. The normalized spacial score (nSPS) is 20.5. The number of piperidine rings is 1. The van der Waals surface area contributed by atoms with Gasteiger partial charge in [0.1, 0.15) is 12.1 Å². The van der Waals surface area contributed by atoms with E-state index in [1.54, 1.807) is 6.33 Å². The smallest absolute Gasteiger partial charge is 0.309 e. The van der Waals surface area contributed by atoms with Crippen molar-refractivity contribution in [3.05, 3.63) is 18.1 Å². The monoisotopic (exact) mass is 319 g/mol. The van der Waals surface area contributed by atoms with Crippen molar-refractivity contribution in [1.82, 2.24) is 9.97 Å². The van der Waals surface area contributed by atoms with Crippen molar-refractivity contribution in [2.24, 2.45) is 5.92 Å². The molecule has 0 saturated carbocycles. The predicted octanol–water partition coefficient (Wildman–Crippen LogP) is 2.15. The molecule has 1 aromatic heterocycles. The summed E-state index contributed by atoms with van der Waals surface area (Å²) in [6.07, 6.45) is 5.38. The number of hydrogen-bond acceptors (Lipinski definition) is 6. The van der Waals surface area contributed by atoms with Crippen molar-refractivity contribution in [2.75, 3.05) is 37.8 Å². The van der Waals surface area contributed by atoms with E-state index >= 15 is 0 Å². The highest BCUT2D eigenvalue weighted by atomic mass is 16.5. The molecule has 1 aromatic rings. The lowest BCUT2D eigenvalue weighted by Gasteiger charge is -2.32. The van der Waals surface area contributed by atoms with Crippen molar-refractivity contribution < 1.29 is 14.3 Å². The molecule has 6 heteroatoms. The zero-order valence-corrected chi connectivity index (χ0v) is 13.7. The Morgan fingerprint density at radius 2 is 2.00 bits per heavy atom. The third-order valence-corrected chi connectivity index (χ3v) is 4.75. The van der Waals surface area contributed by atoms with Crippen LogP contribution in [-0.4, -0.2) is 48.8 Å². The summed E-state index contributed by atoms with van der Waals surface area (Å²) in [5, 5.41) is 0. The molecule has 2 fully saturated rings. The molecule has 6 nitrogen and oxygen atoms in total. The molecule has 0 atom stereocenters. The molecule has 3 rings (SSSR count). The van der Waals surface area contributed by atoms with Crippen LogP contribution >= 0.6 is 0 Å². The zero-order valence-electron chi connectivity index (χ0n) is 13.7. The molecule has 126 valence electrons. The molecule has 0 spiro atoms. The predicted molar refractivity (Wildman–Crippen MR) is 86.4 cm³/mol. The molecule has 0 aromatic carbocycles. The van der Waals surface area contributed by atoms with Gasteiger partial charge in [0.25, 0.3) is 0 Å². The average Bonchev–Trinajstić information content (AvgIpc) is 2.63. The first-order valence-electron chi connectivity index (χ1n) is 8.59. The van der Waals surface area contributed by atoms with Gasteiger partial charge in [-0.15, -0.1) is 0 Å². The van der Waals surface area contributed by atoms with Crippen LogP contribution in [0.1, 0.15) is 44.2 Å². The minimum Gasteiger partial charge on any atom is -0.466 e. The van der Waals surface area contributed by atoms with Gasteiger partial charge in [0.05, 0.1) is 12.5 Å². The SMILES string of the molecule is CCOC(=O)C1CCN(c2cc(C3CCOCC3)ncn2)CC1. The second-order valence-corrected chi connectivity index (χ2v) is 6.20. The summed E-state index contributed by atoms with van der Waals surface area (Å²) in [6.45, 7) is 5.62. The number of carbonyl (C=O) groups is 1. The maximum Gasteiger partial charge on any atom is 0.309 e. The Bertz CT molecular complexity index is 524. The van der Waals surface area contributed by atoms with E-state index in [1.807, 2.05) is 6.92 Å². The number of ether oxygens (including phenoxy) is 2. The van der Waals surface area contributed by atoms with Gasteiger partial charge in [-0.2, -0.15) is 0 Å². The minimum absolute atomic E-state index is 0.0306. The highest BCUT2D eigenvalue weighted by Gasteiger charge is 2.27. The van der Waals surface area contributed by atoms with Gasteiger partial charge >= 0.3 is 5.97 Å². The van der Waals surface area contributed by atoms with E-state index in [2.05, 4.69) is 20.9 Å². The van der Waals surface area contributed by atoms with E-state index in [1.165, 1.54) is 0 Å². The van der Waals surface area contributed by atoms with Crippen molar-refractivity contribution >= 4 is 11.8 Å². The van der Waals surface area contributed by atoms with E-state index in [-0.39, 0.29) is 11.9 Å². The summed E-state index contributed by atoms with van der Waals surface area (Å²) in [5.41, 5.74) is 1.12. The van der Waals surface area contributed by atoms with Crippen LogP contribution in [0, 0.1) is 5.92 Å². The summed E-state index contributed by atoms with van der Waals surface area (Å²) in [5.74, 6) is 1.42. The molecule has 2 aliphatic heterocycles. The first-order valence-corrected chi connectivity index (χ1v) is 8.59. The number of hydrogen-bond donors (Lipinski definition) is 0. The Morgan fingerprint density at radius 1 is 1.26 bits per heavy atom. The van der Waals surface area contributed by atoms with Crippen LogP contribution in [0.2, 0.25) is 0 Å².